The minimum Gasteiger partial charge on any atom is -0.481 e. The van der Waals surface area contributed by atoms with Crippen molar-refractivity contribution in [3.05, 3.63) is 0 Å². The molecule has 10 heteroatoms. The maximum absolute atomic E-state index is 12.5. The number of carbonyl (C=O) groups is 6. The van der Waals surface area contributed by atoms with Crippen LogP contribution >= 0.6 is 0 Å². The molecule has 4 atom stereocenters. The Bertz CT molecular complexity index is 737. The van der Waals surface area contributed by atoms with Crippen LogP contribution in [0.5, 0.6) is 0 Å². The van der Waals surface area contributed by atoms with Crippen molar-refractivity contribution < 1.29 is 48.5 Å². The lowest BCUT2D eigenvalue weighted by atomic mass is 9.67. The van der Waals surface area contributed by atoms with Crippen LogP contribution < -0.4 is 0 Å². The first-order valence-electron chi connectivity index (χ1n) is 10.9. The number of hydrogen-bond donors (Lipinski definition) is 2. The second-order valence-electron chi connectivity index (χ2n) is 9.13. The number of carboxylic acids is 2. The van der Waals surface area contributed by atoms with Crippen LogP contribution in [0.15, 0.2) is 0 Å². The molecule has 0 bridgehead atoms. The lowest BCUT2D eigenvalue weighted by molar-refractivity contribution is -0.178. The van der Waals surface area contributed by atoms with Crippen LogP contribution in [0.4, 0.5) is 0 Å². The van der Waals surface area contributed by atoms with Gasteiger partial charge in [-0.3, -0.25) is 28.8 Å². The molecule has 2 rings (SSSR count). The SMILES string of the molecule is CC1(C(=O)OC(=O)CCC(=O)OC(=O)C2(C)CCCCC2C(=O)O)CCCCC1C(=O)O. The third-order valence-corrected chi connectivity index (χ3v) is 6.89. The van der Waals surface area contributed by atoms with Gasteiger partial charge in [-0.05, 0) is 39.5 Å². The Morgan fingerprint density at radius 2 is 1.03 bits per heavy atom. The van der Waals surface area contributed by atoms with Gasteiger partial charge in [0.25, 0.3) is 0 Å². The first-order valence-corrected chi connectivity index (χ1v) is 10.9. The summed E-state index contributed by atoms with van der Waals surface area (Å²) in [7, 11) is 0. The van der Waals surface area contributed by atoms with Crippen LogP contribution in [0.25, 0.3) is 0 Å². The van der Waals surface area contributed by atoms with Crippen molar-refractivity contribution in [3.8, 4) is 0 Å². The van der Waals surface area contributed by atoms with Crippen molar-refractivity contribution in [2.24, 2.45) is 22.7 Å². The van der Waals surface area contributed by atoms with Gasteiger partial charge in [0, 0.05) is 0 Å². The Balaban J connectivity index is 1.89. The summed E-state index contributed by atoms with van der Waals surface area (Å²) in [6, 6.07) is 0. The van der Waals surface area contributed by atoms with E-state index >= 15 is 0 Å². The summed E-state index contributed by atoms with van der Waals surface area (Å²) in [5.41, 5.74) is -2.67. The van der Waals surface area contributed by atoms with E-state index in [9.17, 15) is 39.0 Å². The van der Waals surface area contributed by atoms with Gasteiger partial charge >= 0.3 is 35.8 Å². The minimum absolute atomic E-state index is 0.274. The molecule has 0 aromatic heterocycles. The molecule has 0 heterocycles. The van der Waals surface area contributed by atoms with Gasteiger partial charge in [-0.25, -0.2) is 0 Å². The summed E-state index contributed by atoms with van der Waals surface area (Å²) in [6.07, 6.45) is 2.67. The highest BCUT2D eigenvalue weighted by molar-refractivity contribution is 5.95. The topological polar surface area (TPSA) is 161 Å². The Morgan fingerprint density at radius 1 is 0.688 bits per heavy atom. The largest absolute Gasteiger partial charge is 0.481 e. The highest BCUT2D eigenvalue weighted by atomic mass is 16.6. The van der Waals surface area contributed by atoms with Crippen molar-refractivity contribution in [3.63, 3.8) is 0 Å². The Morgan fingerprint density at radius 3 is 1.34 bits per heavy atom. The van der Waals surface area contributed by atoms with Crippen molar-refractivity contribution in [1.29, 1.82) is 0 Å². The molecule has 2 aliphatic carbocycles. The lowest BCUT2D eigenvalue weighted by Gasteiger charge is -2.36. The number of aliphatic carboxylic acids is 2. The molecule has 0 spiro atoms. The predicted molar refractivity (Wildman–Crippen MR) is 107 cm³/mol. The molecule has 178 valence electrons. The van der Waals surface area contributed by atoms with Crippen molar-refractivity contribution >= 4 is 35.8 Å². The van der Waals surface area contributed by atoms with Crippen LogP contribution in [-0.4, -0.2) is 46.0 Å². The summed E-state index contributed by atoms with van der Waals surface area (Å²) in [5, 5.41) is 18.8. The molecule has 10 nitrogen and oxygen atoms in total. The molecule has 32 heavy (non-hydrogen) atoms. The van der Waals surface area contributed by atoms with E-state index in [1.807, 2.05) is 0 Å². The maximum Gasteiger partial charge on any atom is 0.320 e. The lowest BCUT2D eigenvalue weighted by Crippen LogP contribution is -2.44. The Labute approximate surface area is 185 Å². The zero-order valence-electron chi connectivity index (χ0n) is 18.4. The van der Waals surface area contributed by atoms with E-state index < -0.39 is 71.3 Å². The van der Waals surface area contributed by atoms with E-state index in [2.05, 4.69) is 0 Å². The fraction of sp³-hybridized carbons (Fsp3) is 0.727. The zero-order chi connectivity index (χ0) is 24.1. The van der Waals surface area contributed by atoms with Crippen molar-refractivity contribution in [2.75, 3.05) is 0 Å². The molecular weight excluding hydrogens is 424 g/mol. The first kappa shape index (κ1) is 25.5. The number of hydrogen-bond acceptors (Lipinski definition) is 8. The van der Waals surface area contributed by atoms with E-state index in [0.29, 0.717) is 38.5 Å². The molecule has 0 radical (unpaired) electrons. The van der Waals surface area contributed by atoms with Gasteiger partial charge in [0.05, 0.1) is 35.5 Å². The number of esters is 4. The fourth-order valence-electron chi connectivity index (χ4n) is 4.69. The van der Waals surface area contributed by atoms with Gasteiger partial charge in [0.15, 0.2) is 0 Å². The summed E-state index contributed by atoms with van der Waals surface area (Å²) < 4.78 is 9.60. The Hall–Kier alpha value is -2.78. The van der Waals surface area contributed by atoms with E-state index in [4.69, 9.17) is 9.47 Å². The summed E-state index contributed by atoms with van der Waals surface area (Å²) in [4.78, 5) is 72.0. The van der Waals surface area contributed by atoms with Gasteiger partial charge in [0.1, 0.15) is 0 Å². The highest BCUT2D eigenvalue weighted by Gasteiger charge is 2.50. The second kappa shape index (κ2) is 10.2. The van der Waals surface area contributed by atoms with Crippen LogP contribution in [0.1, 0.15) is 78.1 Å². The summed E-state index contributed by atoms with van der Waals surface area (Å²) >= 11 is 0. The van der Waals surface area contributed by atoms with E-state index in [1.54, 1.807) is 0 Å². The molecular formula is C22H30O10. The fourth-order valence-corrected chi connectivity index (χ4v) is 4.69. The second-order valence-corrected chi connectivity index (χ2v) is 9.13. The molecule has 2 N–H and O–H groups in total. The molecule has 0 saturated heterocycles. The number of carboxylic acid groups (broad SMARTS) is 2. The normalized spacial score (nSPS) is 30.1. The number of ether oxygens (including phenoxy) is 2. The molecule has 0 aliphatic heterocycles. The number of carbonyl (C=O) groups excluding carboxylic acids is 4. The number of rotatable bonds is 7. The van der Waals surface area contributed by atoms with Gasteiger partial charge in [0.2, 0.25) is 0 Å². The van der Waals surface area contributed by atoms with E-state index in [1.165, 1.54) is 13.8 Å². The third kappa shape index (κ3) is 5.52. The van der Waals surface area contributed by atoms with Crippen LogP contribution in [-0.2, 0) is 38.2 Å². The summed E-state index contributed by atoms with van der Waals surface area (Å²) in [5.74, 6) is -8.12. The quantitative estimate of drug-likeness (QED) is 0.432. The minimum atomic E-state index is -1.34. The van der Waals surface area contributed by atoms with Gasteiger partial charge < -0.3 is 19.7 Å². The third-order valence-electron chi connectivity index (χ3n) is 6.89. The predicted octanol–water partition coefficient (Wildman–Crippen LogP) is 2.47. The van der Waals surface area contributed by atoms with Crippen LogP contribution in [0.2, 0.25) is 0 Å². The van der Waals surface area contributed by atoms with Gasteiger partial charge in [-0.1, -0.05) is 25.7 Å². The van der Waals surface area contributed by atoms with E-state index in [0.717, 1.165) is 0 Å². The van der Waals surface area contributed by atoms with Crippen molar-refractivity contribution in [2.45, 2.75) is 78.1 Å². The van der Waals surface area contributed by atoms with Crippen LogP contribution in [0.3, 0.4) is 0 Å². The molecule has 2 fully saturated rings. The molecule has 2 saturated carbocycles. The molecule has 0 aromatic carbocycles. The van der Waals surface area contributed by atoms with Crippen LogP contribution in [0, 0.1) is 22.7 Å². The standard InChI is InChI=1S/C22H30O10/c1-21(11-5-3-7-13(21)17(25)26)19(29)31-15(23)9-10-16(24)32-20(30)22(2)12-6-4-8-14(22)18(27)28/h13-14H,3-12H2,1-2H3,(H,25,26)(H,27,28). The smallest absolute Gasteiger partial charge is 0.320 e. The zero-order valence-corrected chi connectivity index (χ0v) is 18.4. The van der Waals surface area contributed by atoms with Crippen molar-refractivity contribution in [1.82, 2.24) is 0 Å². The van der Waals surface area contributed by atoms with Gasteiger partial charge in [-0.2, -0.15) is 0 Å². The van der Waals surface area contributed by atoms with E-state index in [-0.39, 0.29) is 12.8 Å². The molecule has 2 aliphatic rings. The van der Waals surface area contributed by atoms with Gasteiger partial charge in [-0.15, -0.1) is 0 Å². The highest BCUT2D eigenvalue weighted by Crippen LogP contribution is 2.43. The summed E-state index contributed by atoms with van der Waals surface area (Å²) in [6.45, 7) is 2.91. The monoisotopic (exact) mass is 454 g/mol. The molecule has 0 amide bonds. The molecule has 4 unspecified atom stereocenters. The first-order chi connectivity index (χ1) is 14.9. The average Bonchev–Trinajstić information content (AvgIpc) is 2.72. The maximum atomic E-state index is 12.5. The molecule has 0 aromatic rings. The average molecular weight is 454 g/mol. The Kier molecular flexibility index (Phi) is 8.14.